The monoisotopic (exact) mass is 505 g/mol. The van der Waals surface area contributed by atoms with E-state index in [1.165, 1.54) is 79.8 Å². The van der Waals surface area contributed by atoms with Gasteiger partial charge in [0.15, 0.2) is 0 Å². The highest BCUT2D eigenvalue weighted by molar-refractivity contribution is 7.87. The Morgan fingerprint density at radius 1 is 1.00 bits per heavy atom. The molecule has 9 heteroatoms. The largest absolute Gasteiger partial charge is 0.295 e. The van der Waals surface area contributed by atoms with Crippen LogP contribution >= 0.6 is 0 Å². The van der Waals surface area contributed by atoms with Crippen molar-refractivity contribution in [3.8, 4) is 0 Å². The summed E-state index contributed by atoms with van der Waals surface area (Å²) in [5, 5.41) is 5.12. The smallest absolute Gasteiger partial charge is 0.279 e. The number of aromatic nitrogens is 2. The maximum absolute atomic E-state index is 12.5. The second-order valence-electron chi connectivity index (χ2n) is 12.3. The van der Waals surface area contributed by atoms with Gasteiger partial charge in [0.2, 0.25) is 0 Å². The molecule has 4 bridgehead atoms. The number of fused-ring (bicyclic) bond motifs is 1. The van der Waals surface area contributed by atoms with Crippen LogP contribution in [0.3, 0.4) is 0 Å². The molecule has 1 aromatic rings. The first kappa shape index (κ1) is 24.3. The van der Waals surface area contributed by atoms with Crippen LogP contribution in [0.1, 0.15) is 93.6 Å². The Labute approximate surface area is 210 Å². The van der Waals surface area contributed by atoms with Crippen molar-refractivity contribution in [1.82, 2.24) is 24.3 Å². The van der Waals surface area contributed by atoms with Gasteiger partial charge in [0.25, 0.3) is 10.2 Å². The highest BCUT2D eigenvalue weighted by Crippen LogP contribution is 2.53. The number of rotatable bonds is 8. The summed E-state index contributed by atoms with van der Waals surface area (Å²) < 4.78 is 31.4. The maximum Gasteiger partial charge on any atom is 0.279 e. The van der Waals surface area contributed by atoms with Crippen LogP contribution in [0.25, 0.3) is 0 Å². The van der Waals surface area contributed by atoms with Crippen LogP contribution in [-0.4, -0.2) is 48.7 Å². The van der Waals surface area contributed by atoms with Crippen molar-refractivity contribution in [2.75, 3.05) is 14.1 Å². The topological polar surface area (TPSA) is 88.5 Å². The Morgan fingerprint density at radius 2 is 1.69 bits per heavy atom. The first-order valence-corrected chi connectivity index (χ1v) is 15.5. The molecule has 1 unspecified atom stereocenters. The van der Waals surface area contributed by atoms with Crippen molar-refractivity contribution in [3.05, 3.63) is 17.0 Å². The average Bonchev–Trinajstić information content (AvgIpc) is 3.18. The van der Waals surface area contributed by atoms with E-state index in [0.29, 0.717) is 25.1 Å². The minimum atomic E-state index is -3.46. The molecule has 0 saturated heterocycles. The average molecular weight is 506 g/mol. The van der Waals surface area contributed by atoms with Crippen molar-refractivity contribution in [3.63, 3.8) is 0 Å². The third-order valence-electron chi connectivity index (χ3n) is 9.75. The normalized spacial score (nSPS) is 35.1. The van der Waals surface area contributed by atoms with E-state index in [1.807, 2.05) is 0 Å². The Balaban J connectivity index is 1.17. The molecule has 0 spiro atoms. The Kier molecular flexibility index (Phi) is 6.75. The molecule has 0 radical (unpaired) electrons. The van der Waals surface area contributed by atoms with Crippen LogP contribution < -0.4 is 10.2 Å². The summed E-state index contributed by atoms with van der Waals surface area (Å²) in [6.45, 7) is 0.456. The number of nitrogens with zero attached hydrogens (tertiary/aromatic N) is 3. The molecule has 1 aromatic heterocycles. The predicted molar refractivity (Wildman–Crippen MR) is 135 cm³/mol. The van der Waals surface area contributed by atoms with Crippen LogP contribution in [0.15, 0.2) is 0 Å². The van der Waals surface area contributed by atoms with Gasteiger partial charge in [0, 0.05) is 37.4 Å². The summed E-state index contributed by atoms with van der Waals surface area (Å²) in [6.07, 6.45) is 15.5. The van der Waals surface area contributed by atoms with Gasteiger partial charge in [-0.1, -0.05) is 19.3 Å². The van der Waals surface area contributed by atoms with Gasteiger partial charge >= 0.3 is 0 Å². The van der Waals surface area contributed by atoms with Gasteiger partial charge in [-0.25, -0.2) is 0 Å². The predicted octanol–water partition coefficient (Wildman–Crippen LogP) is 3.49. The minimum absolute atomic E-state index is 0.102. The van der Waals surface area contributed by atoms with Crippen molar-refractivity contribution in [2.24, 2.45) is 23.7 Å². The number of hydroxylamine groups is 1. The molecule has 2 N–H and O–H groups in total. The van der Waals surface area contributed by atoms with Gasteiger partial charge < -0.3 is 0 Å². The van der Waals surface area contributed by atoms with Crippen molar-refractivity contribution < 1.29 is 13.3 Å². The first-order valence-electron chi connectivity index (χ1n) is 14.0. The standard InChI is InChI=1S/C26H43N5O3S/c1-30(2)35(32,33)29-21-8-9-25-23(15-21)24(27-31(25)22-6-4-3-5-7-22)16-34-28-26-19-11-17-10-18(13-19)14-20(26)12-17/h17-22,26,28-29H,3-16H2,1-2H3. The lowest BCUT2D eigenvalue weighted by molar-refractivity contribution is -0.0937. The summed E-state index contributed by atoms with van der Waals surface area (Å²) in [7, 11) is -0.303. The van der Waals surface area contributed by atoms with E-state index in [-0.39, 0.29) is 6.04 Å². The fourth-order valence-electron chi connectivity index (χ4n) is 8.20. The molecule has 6 aliphatic carbocycles. The molecule has 1 heterocycles. The number of hydrogen-bond acceptors (Lipinski definition) is 5. The Hall–Kier alpha value is -1.00. The quantitative estimate of drug-likeness (QED) is 0.528. The van der Waals surface area contributed by atoms with Crippen LogP contribution in [0.2, 0.25) is 0 Å². The molecule has 5 fully saturated rings. The minimum Gasteiger partial charge on any atom is -0.295 e. The summed E-state index contributed by atoms with van der Waals surface area (Å²) in [5.41, 5.74) is 7.02. The molecule has 1 atom stereocenters. The van der Waals surface area contributed by atoms with Gasteiger partial charge in [0.05, 0.1) is 11.7 Å². The van der Waals surface area contributed by atoms with Crippen LogP contribution in [0, 0.1) is 23.7 Å². The molecule has 0 aliphatic heterocycles. The molecular weight excluding hydrogens is 462 g/mol. The second kappa shape index (κ2) is 9.71. The third kappa shape index (κ3) is 4.83. The molecule has 196 valence electrons. The fourth-order valence-corrected chi connectivity index (χ4v) is 9.03. The van der Waals surface area contributed by atoms with Crippen molar-refractivity contribution in [2.45, 2.75) is 108 Å². The van der Waals surface area contributed by atoms with E-state index < -0.39 is 10.2 Å². The maximum atomic E-state index is 12.5. The molecule has 7 rings (SSSR count). The van der Waals surface area contributed by atoms with E-state index in [1.54, 1.807) is 14.1 Å². The van der Waals surface area contributed by atoms with E-state index >= 15 is 0 Å². The van der Waals surface area contributed by atoms with E-state index in [2.05, 4.69) is 14.9 Å². The van der Waals surface area contributed by atoms with E-state index in [9.17, 15) is 8.42 Å². The number of nitrogens with one attached hydrogen (secondary N) is 2. The molecule has 6 aliphatic rings. The lowest BCUT2D eigenvalue weighted by Gasteiger charge is -2.54. The van der Waals surface area contributed by atoms with Gasteiger partial charge in [-0.3, -0.25) is 9.52 Å². The van der Waals surface area contributed by atoms with E-state index in [0.717, 1.165) is 42.2 Å². The molecular formula is C26H43N5O3S. The lowest BCUT2D eigenvalue weighted by Crippen LogP contribution is -2.54. The van der Waals surface area contributed by atoms with Crippen molar-refractivity contribution >= 4 is 10.2 Å². The first-order chi connectivity index (χ1) is 16.9. The number of hydrogen-bond donors (Lipinski definition) is 2. The van der Waals surface area contributed by atoms with Gasteiger partial charge in [-0.2, -0.15) is 28.0 Å². The molecule has 35 heavy (non-hydrogen) atoms. The SMILES string of the molecule is CN(C)S(=O)(=O)NC1CCc2c(c(CONC3C4CC5CC(C4)CC3C5)nn2C2CCCCC2)C1. The summed E-state index contributed by atoms with van der Waals surface area (Å²) in [4.78, 5) is 6.21. The highest BCUT2D eigenvalue weighted by Gasteiger charge is 2.48. The van der Waals surface area contributed by atoms with Gasteiger partial charge in [0.1, 0.15) is 6.61 Å². The lowest BCUT2D eigenvalue weighted by atomic mass is 9.54. The zero-order valence-electron chi connectivity index (χ0n) is 21.4. The van der Waals surface area contributed by atoms with Crippen molar-refractivity contribution in [1.29, 1.82) is 0 Å². The fraction of sp³-hybridized carbons (Fsp3) is 0.885. The third-order valence-corrected chi connectivity index (χ3v) is 11.3. The van der Waals surface area contributed by atoms with Crippen LogP contribution in [0.5, 0.6) is 0 Å². The Morgan fingerprint density at radius 3 is 2.34 bits per heavy atom. The molecule has 0 amide bonds. The molecule has 0 aromatic carbocycles. The summed E-state index contributed by atoms with van der Waals surface area (Å²) in [5.74, 6) is 3.45. The molecule has 8 nitrogen and oxygen atoms in total. The zero-order chi connectivity index (χ0) is 24.2. The van der Waals surface area contributed by atoms with Gasteiger partial charge in [-0.15, -0.1) is 0 Å². The Bertz CT molecular complexity index is 988. The molecule has 5 saturated carbocycles. The van der Waals surface area contributed by atoms with E-state index in [4.69, 9.17) is 9.94 Å². The summed E-state index contributed by atoms with van der Waals surface area (Å²) in [6, 6.07) is 0.854. The highest BCUT2D eigenvalue weighted by atomic mass is 32.2. The van der Waals surface area contributed by atoms with Gasteiger partial charge in [-0.05, 0) is 87.9 Å². The summed E-state index contributed by atoms with van der Waals surface area (Å²) >= 11 is 0. The van der Waals surface area contributed by atoms with Crippen LogP contribution in [-0.2, 0) is 34.5 Å². The zero-order valence-corrected chi connectivity index (χ0v) is 22.2. The second-order valence-corrected chi connectivity index (χ2v) is 14.2. The van der Waals surface area contributed by atoms with Crippen LogP contribution in [0.4, 0.5) is 0 Å².